The van der Waals surface area contributed by atoms with Gasteiger partial charge in [0, 0.05) is 44.5 Å². The number of carbonyl (C=O) groups excluding carboxylic acids is 2. The quantitative estimate of drug-likeness (QED) is 0.801. The van der Waals surface area contributed by atoms with E-state index in [2.05, 4.69) is 15.1 Å². The molecule has 0 radical (unpaired) electrons. The van der Waals surface area contributed by atoms with Gasteiger partial charge in [0.25, 0.3) is 5.91 Å². The van der Waals surface area contributed by atoms with Crippen molar-refractivity contribution >= 4 is 11.8 Å². The van der Waals surface area contributed by atoms with Crippen LogP contribution in [0.15, 0.2) is 29.0 Å². The Morgan fingerprint density at radius 2 is 2.07 bits per heavy atom. The van der Waals surface area contributed by atoms with E-state index < -0.39 is 5.41 Å². The molecule has 2 aromatic heterocycles. The number of piperidine rings is 1. The standard InChI is InChI=1S/C20H25N5O3/c1-13(2)17(26)25-10-16-6-8-24(18(27)15-5-4-7-21-9-15)11-20(16,12-25)19-22-14(3)23-28-19/h4-5,7,9,13,16H,6,8,10-12H2,1-3H3/t16-,20-/m0/s1. The second kappa shape index (κ2) is 7.00. The van der Waals surface area contributed by atoms with E-state index in [-0.39, 0.29) is 23.7 Å². The highest BCUT2D eigenvalue weighted by atomic mass is 16.5. The fourth-order valence-corrected chi connectivity index (χ4v) is 4.44. The number of amides is 2. The average molecular weight is 383 g/mol. The Morgan fingerprint density at radius 1 is 1.29 bits per heavy atom. The molecule has 2 atom stereocenters. The molecule has 0 aliphatic carbocycles. The van der Waals surface area contributed by atoms with Gasteiger partial charge in [-0.2, -0.15) is 4.98 Å². The minimum absolute atomic E-state index is 0.0594. The number of hydrogen-bond donors (Lipinski definition) is 0. The van der Waals surface area contributed by atoms with Crippen molar-refractivity contribution in [1.82, 2.24) is 24.9 Å². The first-order valence-corrected chi connectivity index (χ1v) is 9.69. The maximum atomic E-state index is 13.0. The van der Waals surface area contributed by atoms with Crippen LogP contribution in [0.1, 0.15) is 42.3 Å². The molecule has 8 nitrogen and oxygen atoms in total. The Kier molecular flexibility index (Phi) is 4.64. The van der Waals surface area contributed by atoms with E-state index in [0.29, 0.717) is 43.5 Å². The van der Waals surface area contributed by atoms with E-state index in [1.54, 1.807) is 31.5 Å². The highest BCUT2D eigenvalue weighted by Crippen LogP contribution is 2.44. The zero-order valence-electron chi connectivity index (χ0n) is 16.5. The third-order valence-electron chi connectivity index (χ3n) is 5.87. The summed E-state index contributed by atoms with van der Waals surface area (Å²) in [7, 11) is 0. The molecule has 0 saturated carbocycles. The van der Waals surface area contributed by atoms with Gasteiger partial charge in [-0.15, -0.1) is 0 Å². The summed E-state index contributed by atoms with van der Waals surface area (Å²) in [6, 6.07) is 3.53. The Morgan fingerprint density at radius 3 is 2.71 bits per heavy atom. The number of aryl methyl sites for hydroxylation is 1. The fourth-order valence-electron chi connectivity index (χ4n) is 4.44. The second-order valence-corrected chi connectivity index (χ2v) is 8.13. The zero-order valence-corrected chi connectivity index (χ0v) is 16.5. The molecule has 2 aliphatic rings. The van der Waals surface area contributed by atoms with Crippen LogP contribution < -0.4 is 0 Å². The molecule has 28 heavy (non-hydrogen) atoms. The molecule has 0 aromatic carbocycles. The predicted octanol–water partition coefficient (Wildman–Crippen LogP) is 1.67. The number of likely N-dealkylation sites (tertiary alicyclic amines) is 2. The molecule has 8 heteroatoms. The molecule has 2 aliphatic heterocycles. The monoisotopic (exact) mass is 383 g/mol. The lowest BCUT2D eigenvalue weighted by atomic mass is 9.73. The van der Waals surface area contributed by atoms with Gasteiger partial charge in [-0.05, 0) is 31.4 Å². The van der Waals surface area contributed by atoms with Gasteiger partial charge in [0.1, 0.15) is 0 Å². The Hall–Kier alpha value is -2.77. The van der Waals surface area contributed by atoms with Crippen molar-refractivity contribution in [2.24, 2.45) is 11.8 Å². The number of nitrogens with zero attached hydrogens (tertiary/aromatic N) is 5. The summed E-state index contributed by atoms with van der Waals surface area (Å²) in [5.41, 5.74) is 0.0352. The van der Waals surface area contributed by atoms with Gasteiger partial charge in [0.05, 0.1) is 11.0 Å². The molecule has 0 spiro atoms. The summed E-state index contributed by atoms with van der Waals surface area (Å²) >= 11 is 0. The first-order valence-electron chi connectivity index (χ1n) is 9.69. The number of pyridine rings is 1. The van der Waals surface area contributed by atoms with Gasteiger partial charge in [-0.3, -0.25) is 14.6 Å². The van der Waals surface area contributed by atoms with Crippen LogP contribution in [-0.2, 0) is 10.2 Å². The van der Waals surface area contributed by atoms with Gasteiger partial charge in [0.2, 0.25) is 11.8 Å². The maximum Gasteiger partial charge on any atom is 0.255 e. The van der Waals surface area contributed by atoms with Gasteiger partial charge in [0.15, 0.2) is 5.82 Å². The summed E-state index contributed by atoms with van der Waals surface area (Å²) in [5, 5.41) is 3.98. The number of carbonyl (C=O) groups is 2. The lowest BCUT2D eigenvalue weighted by molar-refractivity contribution is -0.133. The van der Waals surface area contributed by atoms with Crippen LogP contribution in [0, 0.1) is 18.8 Å². The van der Waals surface area contributed by atoms with E-state index in [1.807, 2.05) is 23.6 Å². The maximum absolute atomic E-state index is 13.0. The second-order valence-electron chi connectivity index (χ2n) is 8.13. The van der Waals surface area contributed by atoms with Gasteiger partial charge < -0.3 is 14.3 Å². The fraction of sp³-hybridized carbons (Fsp3) is 0.550. The Bertz CT molecular complexity index is 881. The first kappa shape index (κ1) is 18.6. The average Bonchev–Trinajstić information content (AvgIpc) is 3.31. The van der Waals surface area contributed by atoms with Crippen molar-refractivity contribution in [2.45, 2.75) is 32.6 Å². The zero-order chi connectivity index (χ0) is 19.9. The lowest BCUT2D eigenvalue weighted by Gasteiger charge is -2.41. The van der Waals surface area contributed by atoms with Crippen molar-refractivity contribution < 1.29 is 14.1 Å². The van der Waals surface area contributed by atoms with Crippen LogP contribution in [0.25, 0.3) is 0 Å². The summed E-state index contributed by atoms with van der Waals surface area (Å²) in [6.45, 7) is 7.84. The van der Waals surface area contributed by atoms with Crippen LogP contribution in [0.3, 0.4) is 0 Å². The molecule has 2 saturated heterocycles. The van der Waals surface area contributed by atoms with E-state index >= 15 is 0 Å². The van der Waals surface area contributed by atoms with E-state index in [4.69, 9.17) is 4.52 Å². The molecule has 2 fully saturated rings. The smallest absolute Gasteiger partial charge is 0.255 e. The third kappa shape index (κ3) is 3.06. The minimum Gasteiger partial charge on any atom is -0.341 e. The largest absolute Gasteiger partial charge is 0.341 e. The molecule has 0 bridgehead atoms. The summed E-state index contributed by atoms with van der Waals surface area (Å²) in [4.78, 5) is 38.0. The lowest BCUT2D eigenvalue weighted by Crippen LogP contribution is -2.53. The molecule has 0 unspecified atom stereocenters. The van der Waals surface area contributed by atoms with Crippen molar-refractivity contribution in [3.63, 3.8) is 0 Å². The van der Waals surface area contributed by atoms with Crippen molar-refractivity contribution in [1.29, 1.82) is 0 Å². The molecular weight excluding hydrogens is 358 g/mol. The molecular formula is C20H25N5O3. The van der Waals surface area contributed by atoms with E-state index in [0.717, 1.165) is 6.42 Å². The molecule has 0 N–H and O–H groups in total. The van der Waals surface area contributed by atoms with Gasteiger partial charge >= 0.3 is 0 Å². The summed E-state index contributed by atoms with van der Waals surface area (Å²) in [6.07, 6.45) is 4.02. The van der Waals surface area contributed by atoms with Gasteiger partial charge in [-0.25, -0.2) is 0 Å². The third-order valence-corrected chi connectivity index (χ3v) is 5.87. The highest BCUT2D eigenvalue weighted by molar-refractivity contribution is 5.94. The first-order chi connectivity index (χ1) is 13.4. The van der Waals surface area contributed by atoms with E-state index in [1.165, 1.54) is 0 Å². The van der Waals surface area contributed by atoms with Gasteiger partial charge in [-0.1, -0.05) is 19.0 Å². The predicted molar refractivity (Wildman–Crippen MR) is 100 cm³/mol. The normalized spacial score (nSPS) is 24.5. The molecule has 2 aromatic rings. The summed E-state index contributed by atoms with van der Waals surface area (Å²) in [5.74, 6) is 1.26. The molecule has 2 amide bonds. The number of fused-ring (bicyclic) bond motifs is 1. The van der Waals surface area contributed by atoms with E-state index in [9.17, 15) is 9.59 Å². The minimum atomic E-state index is -0.526. The van der Waals surface area contributed by atoms with Crippen LogP contribution in [0.5, 0.6) is 0 Å². The number of hydrogen-bond acceptors (Lipinski definition) is 6. The Labute approximate surface area is 163 Å². The van der Waals surface area contributed by atoms with Crippen molar-refractivity contribution in [3.8, 4) is 0 Å². The van der Waals surface area contributed by atoms with Crippen LogP contribution in [0.4, 0.5) is 0 Å². The SMILES string of the molecule is Cc1noc([C@]23CN(C(=O)c4cccnc4)CC[C@H]2CN(C(=O)C(C)C)C3)n1. The molecule has 4 heterocycles. The highest BCUT2D eigenvalue weighted by Gasteiger charge is 2.56. The molecule has 4 rings (SSSR count). The number of aromatic nitrogens is 3. The summed E-state index contributed by atoms with van der Waals surface area (Å²) < 4.78 is 5.58. The van der Waals surface area contributed by atoms with Crippen molar-refractivity contribution in [3.05, 3.63) is 41.8 Å². The molecule has 148 valence electrons. The van der Waals surface area contributed by atoms with Crippen LogP contribution in [-0.4, -0.2) is 62.9 Å². The van der Waals surface area contributed by atoms with Crippen LogP contribution in [0.2, 0.25) is 0 Å². The topological polar surface area (TPSA) is 92.4 Å². The van der Waals surface area contributed by atoms with Crippen LogP contribution >= 0.6 is 0 Å². The number of rotatable bonds is 3. The Balaban J connectivity index is 1.67. The van der Waals surface area contributed by atoms with Crippen molar-refractivity contribution in [2.75, 3.05) is 26.2 Å².